The maximum absolute atomic E-state index is 12.6. The molecule has 0 fully saturated rings. The van der Waals surface area contributed by atoms with Crippen molar-refractivity contribution in [3.8, 4) is 0 Å². The van der Waals surface area contributed by atoms with Gasteiger partial charge < -0.3 is 10.4 Å². The monoisotopic (exact) mass is 330 g/mol. The lowest BCUT2D eigenvalue weighted by atomic mass is 9.74. The van der Waals surface area contributed by atoms with E-state index >= 15 is 0 Å². The summed E-state index contributed by atoms with van der Waals surface area (Å²) in [7, 11) is 1.51. The van der Waals surface area contributed by atoms with E-state index in [1.54, 1.807) is 0 Å². The molecule has 7 nitrogen and oxygen atoms in total. The number of ketones is 1. The maximum atomic E-state index is 12.6. The Kier molecular flexibility index (Phi) is 8.41. The first-order valence-corrected chi connectivity index (χ1v) is 7.82. The van der Waals surface area contributed by atoms with Crippen LogP contribution in [0.3, 0.4) is 0 Å². The summed E-state index contributed by atoms with van der Waals surface area (Å²) in [5.41, 5.74) is 0.928. The van der Waals surface area contributed by atoms with Gasteiger partial charge in [0.15, 0.2) is 0 Å². The molecule has 7 heteroatoms. The average molecular weight is 330 g/mol. The standard InChI is InChI=1S/C16H30N2O5/c1-9(2)7-10(13(20)15(22)18-23)12(19)8-11(14(21)17-6)16(3,4)5/h9-11,13,20,23H,7-8H2,1-6H3,(H,17,21)(H,18,22). The van der Waals surface area contributed by atoms with Crippen LogP contribution in [-0.4, -0.2) is 41.1 Å². The second kappa shape index (κ2) is 8.98. The average Bonchev–Trinajstić information content (AvgIpc) is 2.46. The Balaban J connectivity index is 5.35. The van der Waals surface area contributed by atoms with Crippen molar-refractivity contribution in [2.75, 3.05) is 7.05 Å². The van der Waals surface area contributed by atoms with E-state index in [9.17, 15) is 19.5 Å². The number of Topliss-reactive ketones (excluding diaryl/α,β-unsaturated/α-hetero) is 1. The summed E-state index contributed by atoms with van der Waals surface area (Å²) in [6.45, 7) is 9.30. The Hall–Kier alpha value is -1.47. The number of carbonyl (C=O) groups is 3. The Bertz CT molecular complexity index is 429. The van der Waals surface area contributed by atoms with Gasteiger partial charge in [-0.05, 0) is 17.8 Å². The van der Waals surface area contributed by atoms with E-state index in [4.69, 9.17) is 5.21 Å². The van der Waals surface area contributed by atoms with Crippen LogP contribution < -0.4 is 10.8 Å². The van der Waals surface area contributed by atoms with E-state index in [1.165, 1.54) is 12.5 Å². The molecule has 0 bridgehead atoms. The third-order valence-electron chi connectivity index (χ3n) is 3.91. The minimum absolute atomic E-state index is 0.0678. The molecule has 0 aromatic carbocycles. The third kappa shape index (κ3) is 6.66. The number of aliphatic hydroxyl groups excluding tert-OH is 1. The van der Waals surface area contributed by atoms with Gasteiger partial charge in [0.25, 0.3) is 5.91 Å². The molecule has 0 heterocycles. The predicted molar refractivity (Wildman–Crippen MR) is 85.5 cm³/mol. The van der Waals surface area contributed by atoms with Crippen molar-refractivity contribution in [1.29, 1.82) is 0 Å². The lowest BCUT2D eigenvalue weighted by molar-refractivity contribution is -0.147. The van der Waals surface area contributed by atoms with Gasteiger partial charge >= 0.3 is 0 Å². The van der Waals surface area contributed by atoms with Gasteiger partial charge in [-0.1, -0.05) is 34.6 Å². The molecular formula is C16H30N2O5. The first-order chi connectivity index (χ1) is 10.4. The van der Waals surface area contributed by atoms with Gasteiger partial charge in [0.1, 0.15) is 11.9 Å². The molecule has 0 aliphatic rings. The summed E-state index contributed by atoms with van der Waals surface area (Å²) >= 11 is 0. The Labute approximate surface area is 137 Å². The second-order valence-corrected chi connectivity index (χ2v) is 7.36. The molecule has 23 heavy (non-hydrogen) atoms. The molecular weight excluding hydrogens is 300 g/mol. The predicted octanol–water partition coefficient (Wildman–Crippen LogP) is 0.883. The van der Waals surface area contributed by atoms with E-state index < -0.39 is 29.3 Å². The van der Waals surface area contributed by atoms with Crippen LogP contribution in [0.2, 0.25) is 0 Å². The number of carbonyl (C=O) groups excluding carboxylic acids is 3. The molecule has 0 radical (unpaired) electrons. The number of hydrogen-bond acceptors (Lipinski definition) is 5. The van der Waals surface area contributed by atoms with E-state index in [2.05, 4.69) is 5.32 Å². The second-order valence-electron chi connectivity index (χ2n) is 7.36. The summed E-state index contributed by atoms with van der Waals surface area (Å²) in [5, 5.41) is 21.2. The molecule has 0 spiro atoms. The maximum Gasteiger partial charge on any atom is 0.272 e. The van der Waals surface area contributed by atoms with Crippen molar-refractivity contribution in [2.24, 2.45) is 23.2 Å². The van der Waals surface area contributed by atoms with Crippen LogP contribution >= 0.6 is 0 Å². The minimum Gasteiger partial charge on any atom is -0.382 e. The van der Waals surface area contributed by atoms with Crippen LogP contribution in [-0.2, 0) is 14.4 Å². The van der Waals surface area contributed by atoms with Crippen molar-refractivity contribution < 1.29 is 24.7 Å². The van der Waals surface area contributed by atoms with Gasteiger partial charge in [0.2, 0.25) is 5.91 Å². The largest absolute Gasteiger partial charge is 0.382 e. The molecule has 0 aliphatic heterocycles. The zero-order valence-corrected chi connectivity index (χ0v) is 14.8. The summed E-state index contributed by atoms with van der Waals surface area (Å²) in [6, 6.07) is 0. The number of aliphatic hydroxyl groups is 1. The lowest BCUT2D eigenvalue weighted by Crippen LogP contribution is -2.44. The number of rotatable bonds is 8. The van der Waals surface area contributed by atoms with Gasteiger partial charge in [-0.3, -0.25) is 19.6 Å². The van der Waals surface area contributed by atoms with Crippen LogP contribution in [0.5, 0.6) is 0 Å². The van der Waals surface area contributed by atoms with Crippen LogP contribution in [0.1, 0.15) is 47.5 Å². The fraction of sp³-hybridized carbons (Fsp3) is 0.812. The topological polar surface area (TPSA) is 116 Å². The van der Waals surface area contributed by atoms with Crippen LogP contribution in [0.4, 0.5) is 0 Å². The van der Waals surface area contributed by atoms with Gasteiger partial charge in [-0.25, -0.2) is 5.48 Å². The summed E-state index contributed by atoms with van der Waals surface area (Å²) < 4.78 is 0. The highest BCUT2D eigenvalue weighted by atomic mass is 16.5. The van der Waals surface area contributed by atoms with Gasteiger partial charge in [-0.2, -0.15) is 0 Å². The van der Waals surface area contributed by atoms with E-state index in [-0.39, 0.29) is 30.4 Å². The molecule has 2 amide bonds. The third-order valence-corrected chi connectivity index (χ3v) is 3.91. The first kappa shape index (κ1) is 21.5. The van der Waals surface area contributed by atoms with Crippen molar-refractivity contribution in [2.45, 2.75) is 53.6 Å². The van der Waals surface area contributed by atoms with Crippen molar-refractivity contribution >= 4 is 17.6 Å². The number of hydrogen-bond donors (Lipinski definition) is 4. The molecule has 0 saturated carbocycles. The Morgan fingerprint density at radius 1 is 1.09 bits per heavy atom. The van der Waals surface area contributed by atoms with Gasteiger partial charge in [0, 0.05) is 19.4 Å². The molecule has 4 N–H and O–H groups in total. The highest BCUT2D eigenvalue weighted by molar-refractivity contribution is 5.92. The fourth-order valence-electron chi connectivity index (χ4n) is 2.51. The highest BCUT2D eigenvalue weighted by Crippen LogP contribution is 2.31. The smallest absolute Gasteiger partial charge is 0.272 e. The van der Waals surface area contributed by atoms with Gasteiger partial charge in [-0.15, -0.1) is 0 Å². The quantitative estimate of drug-likeness (QED) is 0.389. The number of amides is 2. The van der Waals surface area contributed by atoms with E-state index in [0.29, 0.717) is 0 Å². The molecule has 0 saturated heterocycles. The Morgan fingerprint density at radius 3 is 1.96 bits per heavy atom. The summed E-state index contributed by atoms with van der Waals surface area (Å²) in [4.78, 5) is 36.1. The van der Waals surface area contributed by atoms with Gasteiger partial charge in [0.05, 0.1) is 5.92 Å². The molecule has 3 atom stereocenters. The molecule has 134 valence electrons. The van der Waals surface area contributed by atoms with E-state index in [1.807, 2.05) is 34.6 Å². The van der Waals surface area contributed by atoms with E-state index in [0.717, 1.165) is 0 Å². The number of nitrogens with one attached hydrogen (secondary N) is 2. The van der Waals surface area contributed by atoms with Crippen molar-refractivity contribution in [1.82, 2.24) is 10.8 Å². The summed E-state index contributed by atoms with van der Waals surface area (Å²) in [6.07, 6.45) is -1.42. The van der Waals surface area contributed by atoms with Crippen LogP contribution in [0.15, 0.2) is 0 Å². The SMILES string of the molecule is CNC(=O)C(CC(=O)C(CC(C)C)C(O)C(=O)NO)C(C)(C)C. The van der Waals surface area contributed by atoms with Crippen molar-refractivity contribution in [3.05, 3.63) is 0 Å². The fourth-order valence-corrected chi connectivity index (χ4v) is 2.51. The van der Waals surface area contributed by atoms with Crippen LogP contribution in [0.25, 0.3) is 0 Å². The lowest BCUT2D eigenvalue weighted by Gasteiger charge is -2.31. The normalized spacial score (nSPS) is 15.7. The Morgan fingerprint density at radius 2 is 1.61 bits per heavy atom. The highest BCUT2D eigenvalue weighted by Gasteiger charge is 2.38. The first-order valence-electron chi connectivity index (χ1n) is 7.82. The molecule has 0 rings (SSSR count). The molecule has 0 aliphatic carbocycles. The molecule has 0 aromatic heterocycles. The van der Waals surface area contributed by atoms with Crippen molar-refractivity contribution in [3.63, 3.8) is 0 Å². The molecule has 0 aromatic rings. The summed E-state index contributed by atoms with van der Waals surface area (Å²) in [5.74, 6) is -3.10. The number of hydroxylamine groups is 1. The zero-order valence-electron chi connectivity index (χ0n) is 14.8. The zero-order chi connectivity index (χ0) is 18.4. The molecule has 3 unspecified atom stereocenters. The van der Waals surface area contributed by atoms with Crippen LogP contribution in [0, 0.1) is 23.2 Å². The minimum atomic E-state index is -1.64.